The molecule has 1 fully saturated rings. The fourth-order valence-electron chi connectivity index (χ4n) is 5.32. The molecule has 34 heavy (non-hydrogen) atoms. The normalized spacial score (nSPS) is 22.9. The third kappa shape index (κ3) is 3.39. The quantitative estimate of drug-likeness (QED) is 0.261. The molecule has 5 rings (SSSR count). The Balaban J connectivity index is 1.54. The second-order valence-corrected chi connectivity index (χ2v) is 10.7. The number of aliphatic hydroxyl groups is 1. The van der Waals surface area contributed by atoms with Gasteiger partial charge in [-0.2, -0.15) is 4.40 Å². The molecule has 0 unspecified atom stereocenters. The largest absolute Gasteiger partial charge is 0.477 e. The summed E-state index contributed by atoms with van der Waals surface area (Å²) in [6.07, 6.45) is 5.19. The Bertz CT molecular complexity index is 1340. The summed E-state index contributed by atoms with van der Waals surface area (Å²) in [6.45, 7) is 4.73. The van der Waals surface area contributed by atoms with E-state index < -0.39 is 18.0 Å². The Morgan fingerprint density at radius 2 is 2.09 bits per heavy atom. The van der Waals surface area contributed by atoms with Crippen molar-refractivity contribution in [2.75, 3.05) is 6.26 Å². The average Bonchev–Trinajstić information content (AvgIpc) is 3.40. The van der Waals surface area contributed by atoms with Gasteiger partial charge in [-0.15, -0.1) is 0 Å². The molecular formula is C24H27N4O4S2+. The first kappa shape index (κ1) is 23.1. The number of thiazole rings is 1. The van der Waals surface area contributed by atoms with Crippen LogP contribution in [0.15, 0.2) is 47.5 Å². The number of nitrogens with two attached hydrogens (primary N) is 1. The topological polar surface area (TPSA) is 112 Å². The number of rotatable bonds is 7. The lowest BCUT2D eigenvalue weighted by molar-refractivity contribution is -0.721. The van der Waals surface area contributed by atoms with Gasteiger partial charge in [-0.25, -0.2) is 9.36 Å². The monoisotopic (exact) mass is 499 g/mol. The zero-order valence-electron chi connectivity index (χ0n) is 19.1. The first-order valence-corrected chi connectivity index (χ1v) is 13.2. The van der Waals surface area contributed by atoms with E-state index in [-0.39, 0.29) is 23.6 Å². The Labute approximate surface area is 205 Å². The number of carboxylic acid groups (broad SMARTS) is 1. The third-order valence-corrected chi connectivity index (χ3v) is 8.91. The van der Waals surface area contributed by atoms with Gasteiger partial charge < -0.3 is 20.8 Å². The molecule has 10 heteroatoms. The highest BCUT2D eigenvalue weighted by atomic mass is 32.2. The molecule has 8 nitrogen and oxygen atoms in total. The van der Waals surface area contributed by atoms with Gasteiger partial charge in [-0.3, -0.25) is 4.79 Å². The Morgan fingerprint density at radius 3 is 2.74 bits per heavy atom. The van der Waals surface area contributed by atoms with Crippen LogP contribution in [0.25, 0.3) is 10.4 Å². The molecule has 2 aromatic heterocycles. The molecular weight excluding hydrogens is 472 g/mol. The van der Waals surface area contributed by atoms with Crippen LogP contribution in [0.5, 0.6) is 0 Å². The molecule has 1 saturated heterocycles. The van der Waals surface area contributed by atoms with E-state index in [2.05, 4.69) is 16.7 Å². The molecule has 0 saturated carbocycles. The summed E-state index contributed by atoms with van der Waals surface area (Å²) in [7, 11) is 0. The molecule has 178 valence electrons. The summed E-state index contributed by atoms with van der Waals surface area (Å²) in [6, 6.07) is 7.89. The zero-order chi connectivity index (χ0) is 24.3. The lowest BCUT2D eigenvalue weighted by Gasteiger charge is -2.46. The minimum atomic E-state index is -1.11. The van der Waals surface area contributed by atoms with Crippen molar-refractivity contribution < 1.29 is 24.4 Å². The number of imidazole rings is 1. The number of hydrogen-bond acceptors (Lipinski definition) is 6. The van der Waals surface area contributed by atoms with Crippen LogP contribution in [0.2, 0.25) is 0 Å². The van der Waals surface area contributed by atoms with E-state index in [0.717, 1.165) is 25.9 Å². The molecule has 0 aliphatic carbocycles. The number of amides is 1. The van der Waals surface area contributed by atoms with E-state index in [1.165, 1.54) is 16.2 Å². The highest BCUT2D eigenvalue weighted by Crippen LogP contribution is 2.51. The molecule has 0 radical (unpaired) electrons. The first-order chi connectivity index (χ1) is 16.3. The predicted octanol–water partition coefficient (Wildman–Crippen LogP) is 2.17. The summed E-state index contributed by atoms with van der Waals surface area (Å²) >= 11 is 3.17. The Morgan fingerprint density at radius 1 is 1.35 bits per heavy atom. The molecule has 0 bridgehead atoms. The van der Waals surface area contributed by atoms with Crippen LogP contribution in [0.4, 0.5) is 0 Å². The van der Waals surface area contributed by atoms with Crippen molar-refractivity contribution in [3.05, 3.63) is 58.5 Å². The number of hydrogen-bond donors (Lipinski definition) is 3. The van der Waals surface area contributed by atoms with Crippen molar-refractivity contribution in [1.29, 1.82) is 0 Å². The minimum absolute atomic E-state index is 0.0427. The average molecular weight is 500 g/mol. The zero-order valence-corrected chi connectivity index (χ0v) is 20.8. The van der Waals surface area contributed by atoms with Crippen molar-refractivity contribution in [3.8, 4) is 0 Å². The van der Waals surface area contributed by atoms with E-state index >= 15 is 0 Å². The third-order valence-electron chi connectivity index (χ3n) is 6.82. The molecule has 4 N–H and O–H groups in total. The second kappa shape index (κ2) is 8.53. The Kier molecular flexibility index (Phi) is 5.79. The number of fused-ring (bicyclic) bond motifs is 2. The number of carbonyl (C=O) groups excluding carboxylic acids is 1. The standard InChI is InChI=1S/C24H26N4O4S2/c1-12-17(20(24(31)32)28-19(12)18(13(2)29)21(28)30)16-10-27-11-26(22(33-3)23(27)34-16)9-15-6-4-5-14(7-15)8-25/h4-7,10-13,18-19,29H,8-9,25H2,1-3H3/p+1/t12-,13+,18+,19+/m0/s1. The van der Waals surface area contributed by atoms with Gasteiger partial charge in [0.1, 0.15) is 18.4 Å². The van der Waals surface area contributed by atoms with Gasteiger partial charge in [-0.05, 0) is 24.3 Å². The number of aliphatic hydroxyl groups excluding tert-OH is 1. The van der Waals surface area contributed by atoms with E-state index in [9.17, 15) is 19.8 Å². The maximum absolute atomic E-state index is 12.7. The smallest absolute Gasteiger partial charge is 0.352 e. The van der Waals surface area contributed by atoms with E-state index in [1.54, 1.807) is 18.7 Å². The number of carbonyl (C=O) groups is 2. The number of carboxylic acids is 1. The Hall–Kier alpha value is -2.66. The molecule has 2 aliphatic rings. The molecule has 1 aromatic carbocycles. The fraction of sp³-hybridized carbons (Fsp3) is 0.375. The molecule has 0 spiro atoms. The van der Waals surface area contributed by atoms with Gasteiger partial charge >= 0.3 is 5.97 Å². The van der Waals surface area contributed by atoms with Crippen LogP contribution in [0.3, 0.4) is 0 Å². The summed E-state index contributed by atoms with van der Waals surface area (Å²) in [4.78, 5) is 28.1. The predicted molar refractivity (Wildman–Crippen MR) is 130 cm³/mol. The molecule has 2 aliphatic heterocycles. The summed E-state index contributed by atoms with van der Waals surface area (Å²) in [5.41, 5.74) is 8.75. The van der Waals surface area contributed by atoms with Gasteiger partial charge in [0, 0.05) is 18.0 Å². The number of β-lactam (4-membered cyclic amide) rings is 1. The molecule has 1 amide bonds. The molecule has 4 heterocycles. The molecule has 4 atom stereocenters. The maximum atomic E-state index is 12.7. The number of aromatic nitrogens is 2. The highest BCUT2D eigenvalue weighted by Gasteiger charge is 2.60. The number of nitrogens with zero attached hydrogens (tertiary/aromatic N) is 3. The van der Waals surface area contributed by atoms with E-state index in [0.29, 0.717) is 18.7 Å². The van der Waals surface area contributed by atoms with Gasteiger partial charge in [0.05, 0.1) is 22.9 Å². The summed E-state index contributed by atoms with van der Waals surface area (Å²) in [5, 5.41) is 21.1. The SMILES string of the molecule is CSc1c2sc(C3=C(C(=O)O)N4C(=O)[C@H]([C@@H](C)O)[C@H]4[C@H]3C)cn2c[n+]1Cc1cccc(CN)c1. The van der Waals surface area contributed by atoms with Crippen LogP contribution in [-0.2, 0) is 22.7 Å². The minimum Gasteiger partial charge on any atom is -0.477 e. The van der Waals surface area contributed by atoms with E-state index in [4.69, 9.17) is 5.73 Å². The number of thioether (sulfide) groups is 1. The summed E-state index contributed by atoms with van der Waals surface area (Å²) in [5.74, 6) is -2.18. The van der Waals surface area contributed by atoms with Crippen molar-refractivity contribution in [1.82, 2.24) is 9.30 Å². The highest BCUT2D eigenvalue weighted by molar-refractivity contribution is 7.98. The van der Waals surface area contributed by atoms with Crippen LogP contribution in [0, 0.1) is 11.8 Å². The van der Waals surface area contributed by atoms with Crippen LogP contribution < -0.4 is 10.3 Å². The maximum Gasteiger partial charge on any atom is 0.352 e. The fourth-order valence-corrected chi connectivity index (χ4v) is 7.50. The van der Waals surface area contributed by atoms with Crippen LogP contribution in [-0.4, -0.2) is 49.8 Å². The van der Waals surface area contributed by atoms with Gasteiger partial charge in [0.15, 0.2) is 0 Å². The lowest BCUT2D eigenvalue weighted by Crippen LogP contribution is -2.63. The van der Waals surface area contributed by atoms with Crippen LogP contribution >= 0.6 is 23.1 Å². The lowest BCUT2D eigenvalue weighted by atomic mass is 9.77. The number of aliphatic carboxylic acids is 1. The first-order valence-electron chi connectivity index (χ1n) is 11.1. The van der Waals surface area contributed by atoms with Crippen molar-refractivity contribution >= 4 is 45.4 Å². The van der Waals surface area contributed by atoms with E-state index in [1.807, 2.05) is 42.2 Å². The van der Waals surface area contributed by atoms with Crippen LogP contribution in [0.1, 0.15) is 29.9 Å². The van der Waals surface area contributed by atoms with Gasteiger partial charge in [0.2, 0.25) is 15.8 Å². The number of benzene rings is 1. The van der Waals surface area contributed by atoms with Gasteiger partial charge in [0.25, 0.3) is 6.33 Å². The van der Waals surface area contributed by atoms with Gasteiger partial charge in [-0.1, -0.05) is 54.3 Å². The van der Waals surface area contributed by atoms with Crippen molar-refractivity contribution in [2.45, 2.75) is 44.1 Å². The van der Waals surface area contributed by atoms with Crippen molar-refractivity contribution in [2.24, 2.45) is 17.6 Å². The molecule has 3 aromatic rings. The summed E-state index contributed by atoms with van der Waals surface area (Å²) < 4.78 is 4.21. The second-order valence-electron chi connectivity index (χ2n) is 8.91. The van der Waals surface area contributed by atoms with Crippen molar-refractivity contribution in [3.63, 3.8) is 0 Å².